The molecule has 21 heavy (non-hydrogen) atoms. The number of thiophene rings is 1. The molecule has 1 fully saturated rings. The summed E-state index contributed by atoms with van der Waals surface area (Å²) in [7, 11) is 0. The number of rotatable bonds is 6. The molecule has 1 aliphatic heterocycles. The van der Waals surface area contributed by atoms with Crippen LogP contribution in [0.1, 0.15) is 23.3 Å². The molecular weight excluding hydrogens is 346 g/mol. The van der Waals surface area contributed by atoms with E-state index in [9.17, 15) is 0 Å². The molecule has 1 unspecified atom stereocenters. The maximum Gasteiger partial charge on any atom is 0.0703 e. The van der Waals surface area contributed by atoms with Gasteiger partial charge in [-0.3, -0.25) is 4.90 Å². The molecule has 112 valence electrons. The molecule has 1 aliphatic rings. The Morgan fingerprint density at radius 2 is 2.10 bits per heavy atom. The molecule has 0 radical (unpaired) electrons. The topological polar surface area (TPSA) is 12.5 Å². The summed E-state index contributed by atoms with van der Waals surface area (Å²) in [6, 6.07) is 12.8. The lowest BCUT2D eigenvalue weighted by atomic mass is 10.2. The van der Waals surface area contributed by atoms with Crippen molar-refractivity contribution in [2.45, 2.75) is 32.0 Å². The van der Waals surface area contributed by atoms with Gasteiger partial charge in [0.25, 0.3) is 0 Å². The summed E-state index contributed by atoms with van der Waals surface area (Å²) < 4.78 is 7.01. The lowest BCUT2D eigenvalue weighted by molar-refractivity contribution is 0.0682. The van der Waals surface area contributed by atoms with E-state index in [0.29, 0.717) is 6.10 Å². The van der Waals surface area contributed by atoms with E-state index in [1.165, 1.54) is 27.8 Å². The van der Waals surface area contributed by atoms with Crippen molar-refractivity contribution in [3.63, 3.8) is 0 Å². The fourth-order valence-electron chi connectivity index (χ4n) is 2.75. The quantitative estimate of drug-likeness (QED) is 0.735. The second-order valence-corrected chi connectivity index (χ2v) is 7.36. The van der Waals surface area contributed by atoms with Gasteiger partial charge in [0.15, 0.2) is 0 Å². The van der Waals surface area contributed by atoms with Crippen molar-refractivity contribution in [1.29, 1.82) is 0 Å². The number of ether oxygens (including phenoxy) is 1. The lowest BCUT2D eigenvalue weighted by Crippen LogP contribution is -2.31. The van der Waals surface area contributed by atoms with Crippen LogP contribution in [0.25, 0.3) is 0 Å². The van der Waals surface area contributed by atoms with E-state index in [2.05, 4.69) is 62.6 Å². The first-order valence-corrected chi connectivity index (χ1v) is 9.08. The van der Waals surface area contributed by atoms with Crippen molar-refractivity contribution >= 4 is 27.3 Å². The van der Waals surface area contributed by atoms with Gasteiger partial charge >= 0.3 is 0 Å². The van der Waals surface area contributed by atoms with Gasteiger partial charge in [0.2, 0.25) is 0 Å². The maximum atomic E-state index is 5.82. The molecule has 0 aliphatic carbocycles. The van der Waals surface area contributed by atoms with Gasteiger partial charge in [-0.05, 0) is 35.9 Å². The van der Waals surface area contributed by atoms with Crippen LogP contribution in [0.3, 0.4) is 0 Å². The number of benzene rings is 1. The van der Waals surface area contributed by atoms with Crippen molar-refractivity contribution in [3.05, 3.63) is 56.7 Å². The monoisotopic (exact) mass is 365 g/mol. The first kappa shape index (κ1) is 15.2. The van der Waals surface area contributed by atoms with Crippen LogP contribution < -0.4 is 0 Å². The van der Waals surface area contributed by atoms with Gasteiger partial charge in [-0.1, -0.05) is 40.2 Å². The van der Waals surface area contributed by atoms with Gasteiger partial charge in [-0.15, -0.1) is 11.3 Å². The molecule has 0 bridgehead atoms. The molecule has 3 rings (SSSR count). The minimum Gasteiger partial charge on any atom is -0.377 e. The van der Waals surface area contributed by atoms with Crippen molar-refractivity contribution in [2.75, 3.05) is 13.2 Å². The minimum atomic E-state index is 0.396. The molecule has 2 nitrogen and oxygen atoms in total. The van der Waals surface area contributed by atoms with Crippen molar-refractivity contribution in [3.8, 4) is 0 Å². The third-order valence-electron chi connectivity index (χ3n) is 3.80. The van der Waals surface area contributed by atoms with Crippen molar-refractivity contribution in [1.82, 2.24) is 4.90 Å². The molecule has 0 saturated carbocycles. The van der Waals surface area contributed by atoms with Crippen LogP contribution >= 0.6 is 27.3 Å². The highest BCUT2D eigenvalue weighted by Crippen LogP contribution is 2.22. The summed E-state index contributed by atoms with van der Waals surface area (Å²) in [6.45, 7) is 3.89. The Morgan fingerprint density at radius 1 is 1.19 bits per heavy atom. The van der Waals surface area contributed by atoms with Gasteiger partial charge in [0.05, 0.1) is 6.10 Å². The summed E-state index contributed by atoms with van der Waals surface area (Å²) in [5, 5.41) is 2.15. The first-order valence-electron chi connectivity index (χ1n) is 7.41. The highest BCUT2D eigenvalue weighted by molar-refractivity contribution is 9.10. The average Bonchev–Trinajstić information content (AvgIpc) is 3.15. The molecule has 1 atom stereocenters. The average molecular weight is 366 g/mol. The summed E-state index contributed by atoms with van der Waals surface area (Å²) in [6.07, 6.45) is 2.79. The van der Waals surface area contributed by atoms with E-state index in [1.54, 1.807) is 0 Å². The predicted molar refractivity (Wildman–Crippen MR) is 91.5 cm³/mol. The largest absolute Gasteiger partial charge is 0.377 e. The Morgan fingerprint density at radius 3 is 2.81 bits per heavy atom. The second kappa shape index (κ2) is 7.54. The first-order chi connectivity index (χ1) is 10.3. The Hall–Kier alpha value is -0.680. The molecule has 1 saturated heterocycles. The molecule has 0 spiro atoms. The molecule has 2 aromatic rings. The van der Waals surface area contributed by atoms with E-state index < -0.39 is 0 Å². The second-order valence-electron chi connectivity index (χ2n) is 5.48. The molecule has 4 heteroatoms. The Bertz CT molecular complexity index is 552. The third kappa shape index (κ3) is 4.39. The Labute approximate surface area is 138 Å². The summed E-state index contributed by atoms with van der Waals surface area (Å²) in [5.74, 6) is 0. The van der Waals surface area contributed by atoms with Crippen LogP contribution in [0.4, 0.5) is 0 Å². The fraction of sp³-hybridized carbons (Fsp3) is 0.412. The van der Waals surface area contributed by atoms with E-state index >= 15 is 0 Å². The number of hydrogen-bond acceptors (Lipinski definition) is 3. The summed E-state index contributed by atoms with van der Waals surface area (Å²) in [5.41, 5.74) is 1.34. The highest BCUT2D eigenvalue weighted by atomic mass is 79.9. The molecular formula is C17H20BrNOS. The van der Waals surface area contributed by atoms with Crippen LogP contribution in [-0.4, -0.2) is 24.2 Å². The number of nitrogens with zero attached hydrogens (tertiary/aromatic N) is 1. The molecule has 1 aromatic carbocycles. The summed E-state index contributed by atoms with van der Waals surface area (Å²) >= 11 is 5.49. The van der Waals surface area contributed by atoms with Gasteiger partial charge in [0, 0.05) is 35.6 Å². The number of hydrogen-bond donors (Lipinski definition) is 0. The zero-order valence-electron chi connectivity index (χ0n) is 12.0. The van der Waals surface area contributed by atoms with E-state index in [-0.39, 0.29) is 0 Å². The van der Waals surface area contributed by atoms with Gasteiger partial charge in [-0.25, -0.2) is 0 Å². The van der Waals surface area contributed by atoms with Gasteiger partial charge in [0.1, 0.15) is 0 Å². The maximum absolute atomic E-state index is 5.82. The molecule has 0 amide bonds. The van der Waals surface area contributed by atoms with Crippen LogP contribution in [0.2, 0.25) is 0 Å². The fourth-order valence-corrected chi connectivity index (χ4v) is 3.91. The Balaban J connectivity index is 1.69. The zero-order valence-corrected chi connectivity index (χ0v) is 14.4. The standard InChI is InChI=1S/C17H20BrNOS/c18-17-8-2-1-5-14(17)11-19(12-15-6-3-9-20-15)13-16-7-4-10-21-16/h1-2,4-5,7-8,10,15H,3,6,9,11-13H2. The lowest BCUT2D eigenvalue weighted by Gasteiger charge is -2.25. The normalized spacial score (nSPS) is 18.5. The molecule has 1 aromatic heterocycles. The van der Waals surface area contributed by atoms with Gasteiger partial charge in [-0.2, -0.15) is 0 Å². The zero-order chi connectivity index (χ0) is 14.5. The third-order valence-corrected chi connectivity index (χ3v) is 5.43. The van der Waals surface area contributed by atoms with E-state index in [4.69, 9.17) is 4.74 Å². The van der Waals surface area contributed by atoms with Crippen LogP contribution in [0.15, 0.2) is 46.3 Å². The Kier molecular flexibility index (Phi) is 5.47. The SMILES string of the molecule is Brc1ccccc1CN(Cc1cccs1)CC1CCCO1. The molecule has 2 heterocycles. The van der Waals surface area contributed by atoms with Gasteiger partial charge < -0.3 is 4.74 Å². The van der Waals surface area contributed by atoms with E-state index in [1.807, 2.05) is 11.3 Å². The van der Waals surface area contributed by atoms with Crippen LogP contribution in [0.5, 0.6) is 0 Å². The van der Waals surface area contributed by atoms with Crippen LogP contribution in [-0.2, 0) is 17.8 Å². The van der Waals surface area contributed by atoms with E-state index in [0.717, 1.165) is 26.2 Å². The molecule has 0 N–H and O–H groups in total. The minimum absolute atomic E-state index is 0.396. The number of halogens is 1. The predicted octanol–water partition coefficient (Wildman–Crippen LogP) is 4.69. The van der Waals surface area contributed by atoms with Crippen molar-refractivity contribution in [2.24, 2.45) is 0 Å². The van der Waals surface area contributed by atoms with Crippen LogP contribution in [0, 0.1) is 0 Å². The summed E-state index contributed by atoms with van der Waals surface area (Å²) in [4.78, 5) is 3.92. The highest BCUT2D eigenvalue weighted by Gasteiger charge is 2.20. The smallest absolute Gasteiger partial charge is 0.0703 e. The van der Waals surface area contributed by atoms with Crippen molar-refractivity contribution < 1.29 is 4.74 Å².